The monoisotopic (exact) mass is 405 g/mol. The van der Waals surface area contributed by atoms with Crippen LogP contribution in [-0.4, -0.2) is 35.4 Å². The summed E-state index contributed by atoms with van der Waals surface area (Å²) in [4.78, 5) is 24.6. The molecule has 0 spiro atoms. The van der Waals surface area contributed by atoms with Crippen LogP contribution in [0.15, 0.2) is 42.5 Å². The van der Waals surface area contributed by atoms with E-state index in [0.29, 0.717) is 11.6 Å². The molecule has 148 valence electrons. The van der Waals surface area contributed by atoms with Gasteiger partial charge in [-0.2, -0.15) is 0 Å². The number of carbonyl (C=O) groups is 1. The molecule has 2 aromatic carbocycles. The van der Waals surface area contributed by atoms with Crippen LogP contribution in [0.2, 0.25) is 5.02 Å². The number of amides is 1. The number of nitro groups is 1. The van der Waals surface area contributed by atoms with E-state index in [1.807, 2.05) is 12.1 Å². The third-order valence-electron chi connectivity index (χ3n) is 4.95. The van der Waals surface area contributed by atoms with Crippen molar-refractivity contribution in [3.8, 4) is 0 Å². The summed E-state index contributed by atoms with van der Waals surface area (Å²) < 4.78 is 13.0. The van der Waals surface area contributed by atoms with Crippen molar-refractivity contribution in [2.75, 3.05) is 25.0 Å². The normalized spacial score (nSPS) is 15.4. The summed E-state index contributed by atoms with van der Waals surface area (Å²) in [6.07, 6.45) is 2.87. The van der Waals surface area contributed by atoms with Gasteiger partial charge in [0.1, 0.15) is 5.82 Å². The van der Waals surface area contributed by atoms with Crippen molar-refractivity contribution in [2.24, 2.45) is 5.92 Å². The minimum Gasteiger partial charge on any atom is -0.324 e. The highest BCUT2D eigenvalue weighted by Gasteiger charge is 2.21. The number of rotatable bonds is 6. The van der Waals surface area contributed by atoms with Gasteiger partial charge in [0, 0.05) is 12.1 Å². The van der Waals surface area contributed by atoms with Gasteiger partial charge in [0.25, 0.3) is 5.69 Å². The Balaban J connectivity index is 1.46. The van der Waals surface area contributed by atoms with Crippen molar-refractivity contribution in [1.82, 2.24) is 4.90 Å². The molecule has 2 aromatic rings. The van der Waals surface area contributed by atoms with Gasteiger partial charge in [0.15, 0.2) is 0 Å². The molecule has 0 atom stereocenters. The topological polar surface area (TPSA) is 75.5 Å². The summed E-state index contributed by atoms with van der Waals surface area (Å²) in [6.45, 7) is 1.87. The van der Waals surface area contributed by atoms with E-state index >= 15 is 0 Å². The van der Waals surface area contributed by atoms with E-state index in [2.05, 4.69) is 10.2 Å². The van der Waals surface area contributed by atoms with E-state index in [9.17, 15) is 19.3 Å². The summed E-state index contributed by atoms with van der Waals surface area (Å²) >= 11 is 6.01. The number of non-ortho nitro benzene ring substituents is 1. The number of nitrogens with zero attached hydrogens (tertiary/aromatic N) is 2. The molecule has 0 aliphatic carbocycles. The Hall–Kier alpha value is -2.51. The van der Waals surface area contributed by atoms with Gasteiger partial charge in [-0.15, -0.1) is 0 Å². The molecular formula is C20H21ClFN3O3. The van der Waals surface area contributed by atoms with Crippen LogP contribution in [0, 0.1) is 21.8 Å². The van der Waals surface area contributed by atoms with E-state index < -0.39 is 4.92 Å². The van der Waals surface area contributed by atoms with Gasteiger partial charge in [-0.05, 0) is 62.0 Å². The Bertz CT molecular complexity index is 852. The third-order valence-corrected chi connectivity index (χ3v) is 5.26. The molecule has 1 amide bonds. The molecule has 1 aliphatic heterocycles. The van der Waals surface area contributed by atoms with Crippen molar-refractivity contribution >= 4 is 28.9 Å². The quantitative estimate of drug-likeness (QED) is 0.575. The van der Waals surface area contributed by atoms with Crippen molar-refractivity contribution in [2.45, 2.75) is 19.3 Å². The van der Waals surface area contributed by atoms with Crippen molar-refractivity contribution in [1.29, 1.82) is 0 Å². The Morgan fingerprint density at radius 1 is 1.21 bits per heavy atom. The number of likely N-dealkylation sites (tertiary alicyclic amines) is 1. The van der Waals surface area contributed by atoms with Gasteiger partial charge in [-0.1, -0.05) is 23.7 Å². The second kappa shape index (κ2) is 9.12. The number of carbonyl (C=O) groups excluding carboxylic acids is 1. The zero-order valence-electron chi connectivity index (χ0n) is 15.2. The Kier molecular flexibility index (Phi) is 6.59. The number of hydrogen-bond donors (Lipinski definition) is 1. The summed E-state index contributed by atoms with van der Waals surface area (Å²) in [7, 11) is 0. The van der Waals surface area contributed by atoms with Crippen molar-refractivity contribution in [3.63, 3.8) is 0 Å². The first kappa shape index (κ1) is 20.2. The van der Waals surface area contributed by atoms with E-state index in [0.717, 1.165) is 37.9 Å². The maximum absolute atomic E-state index is 13.0. The van der Waals surface area contributed by atoms with Crippen LogP contribution in [0.5, 0.6) is 0 Å². The zero-order valence-corrected chi connectivity index (χ0v) is 16.0. The molecule has 0 radical (unpaired) electrons. The van der Waals surface area contributed by atoms with Crippen LogP contribution < -0.4 is 5.32 Å². The van der Waals surface area contributed by atoms with Crippen LogP contribution >= 0.6 is 11.6 Å². The predicted octanol–water partition coefficient (Wildman–Crippen LogP) is 4.28. The Morgan fingerprint density at radius 3 is 2.50 bits per heavy atom. The molecule has 1 aliphatic rings. The summed E-state index contributed by atoms with van der Waals surface area (Å²) in [5.74, 6) is 0.0966. The van der Waals surface area contributed by atoms with Gasteiger partial charge < -0.3 is 5.32 Å². The molecule has 0 aromatic heterocycles. The molecule has 1 heterocycles. The van der Waals surface area contributed by atoms with E-state index in [4.69, 9.17) is 11.6 Å². The number of benzene rings is 2. The Labute approximate surface area is 167 Å². The van der Waals surface area contributed by atoms with Crippen molar-refractivity contribution in [3.05, 3.63) is 69.0 Å². The van der Waals surface area contributed by atoms with Crippen LogP contribution in [-0.2, 0) is 11.2 Å². The zero-order chi connectivity index (χ0) is 20.1. The summed E-state index contributed by atoms with van der Waals surface area (Å²) in [6, 6.07) is 10.6. The molecule has 0 saturated carbocycles. The number of anilines is 1. The van der Waals surface area contributed by atoms with Crippen molar-refractivity contribution < 1.29 is 14.1 Å². The highest BCUT2D eigenvalue weighted by Crippen LogP contribution is 2.27. The fourth-order valence-electron chi connectivity index (χ4n) is 3.41. The largest absolute Gasteiger partial charge is 0.324 e. The fraction of sp³-hybridized carbons (Fsp3) is 0.350. The minimum atomic E-state index is -0.534. The van der Waals surface area contributed by atoms with E-state index in [1.165, 1.54) is 30.3 Å². The van der Waals surface area contributed by atoms with Gasteiger partial charge >= 0.3 is 0 Å². The second-order valence-electron chi connectivity index (χ2n) is 7.02. The average Bonchev–Trinajstić information content (AvgIpc) is 2.66. The van der Waals surface area contributed by atoms with Crippen LogP contribution in [0.1, 0.15) is 18.4 Å². The lowest BCUT2D eigenvalue weighted by atomic mass is 9.90. The smallest absolute Gasteiger partial charge is 0.271 e. The highest BCUT2D eigenvalue weighted by molar-refractivity contribution is 6.34. The molecule has 8 heteroatoms. The average molecular weight is 406 g/mol. The lowest BCUT2D eigenvalue weighted by molar-refractivity contribution is -0.384. The fourth-order valence-corrected chi connectivity index (χ4v) is 3.64. The molecule has 0 bridgehead atoms. The molecule has 1 saturated heterocycles. The molecule has 0 unspecified atom stereocenters. The van der Waals surface area contributed by atoms with E-state index in [1.54, 1.807) is 0 Å². The molecular weight excluding hydrogens is 385 g/mol. The molecule has 6 nitrogen and oxygen atoms in total. The lowest BCUT2D eigenvalue weighted by Crippen LogP contribution is -2.39. The maximum atomic E-state index is 13.0. The van der Waals surface area contributed by atoms with Gasteiger partial charge in [0.05, 0.1) is 22.2 Å². The number of halogens is 2. The molecule has 1 fully saturated rings. The second-order valence-corrected chi connectivity index (χ2v) is 7.43. The number of nitro benzene ring substituents is 1. The molecule has 1 N–H and O–H groups in total. The predicted molar refractivity (Wildman–Crippen MR) is 106 cm³/mol. The molecule has 3 rings (SSSR count). The van der Waals surface area contributed by atoms with Crippen LogP contribution in [0.3, 0.4) is 0 Å². The van der Waals surface area contributed by atoms with Gasteiger partial charge in [-0.25, -0.2) is 4.39 Å². The maximum Gasteiger partial charge on any atom is 0.271 e. The summed E-state index contributed by atoms with van der Waals surface area (Å²) in [5.41, 5.74) is 1.38. The Morgan fingerprint density at radius 2 is 1.89 bits per heavy atom. The number of nitrogens with one attached hydrogen (secondary N) is 1. The van der Waals surface area contributed by atoms with Gasteiger partial charge in [-0.3, -0.25) is 19.8 Å². The lowest BCUT2D eigenvalue weighted by Gasteiger charge is -2.31. The van der Waals surface area contributed by atoms with Gasteiger partial charge in [0.2, 0.25) is 5.91 Å². The van der Waals surface area contributed by atoms with Crippen LogP contribution in [0.25, 0.3) is 0 Å². The standard InChI is InChI=1S/C20H21ClFN3O3/c21-18-12-17(25(27)28)5-6-19(18)23-20(26)13-24-9-7-15(8-10-24)11-14-1-3-16(22)4-2-14/h1-6,12,15H,7-11,13H2,(H,23,26). The van der Waals surface area contributed by atoms with Crippen LogP contribution in [0.4, 0.5) is 15.8 Å². The minimum absolute atomic E-state index is 0.119. The number of piperidine rings is 1. The molecule has 28 heavy (non-hydrogen) atoms. The highest BCUT2D eigenvalue weighted by atomic mass is 35.5. The number of hydrogen-bond acceptors (Lipinski definition) is 4. The third kappa shape index (κ3) is 5.50. The first-order valence-electron chi connectivity index (χ1n) is 9.11. The SMILES string of the molecule is O=C(CN1CCC(Cc2ccc(F)cc2)CC1)Nc1ccc([N+](=O)[O-])cc1Cl. The van der Waals surface area contributed by atoms with E-state index in [-0.39, 0.29) is 29.0 Å². The summed E-state index contributed by atoms with van der Waals surface area (Å²) in [5, 5.41) is 13.6. The first-order chi connectivity index (χ1) is 13.4. The first-order valence-corrected chi connectivity index (χ1v) is 9.49.